The van der Waals surface area contributed by atoms with E-state index in [1.807, 2.05) is 13.2 Å². The summed E-state index contributed by atoms with van der Waals surface area (Å²) in [6.07, 6.45) is 2.87. The maximum atomic E-state index is 11.7. The Morgan fingerprint density at radius 1 is 1.57 bits per heavy atom. The third kappa shape index (κ3) is 2.18. The summed E-state index contributed by atoms with van der Waals surface area (Å²) in [7, 11) is 0. The fraction of sp³-hybridized carbons (Fsp3) is 0.600. The van der Waals surface area contributed by atoms with Gasteiger partial charge in [0, 0.05) is 11.3 Å². The minimum atomic E-state index is 0.0104. The van der Waals surface area contributed by atoms with Gasteiger partial charge in [-0.1, -0.05) is 25.6 Å². The molecule has 1 unspecified atom stereocenters. The highest BCUT2D eigenvalue weighted by molar-refractivity contribution is 7.98. The number of thioether (sulfide) groups is 1. The molecule has 0 bridgehead atoms. The molecule has 1 aromatic rings. The van der Waals surface area contributed by atoms with Gasteiger partial charge in [-0.25, -0.2) is 4.98 Å². The first-order valence-corrected chi connectivity index (χ1v) is 5.97. The smallest absolute Gasteiger partial charge is 0.255 e. The Morgan fingerprint density at radius 3 is 2.64 bits per heavy atom. The topological polar surface area (TPSA) is 45.8 Å². The number of aromatic amines is 1. The maximum absolute atomic E-state index is 11.7. The molecular weight excluding hydrogens is 196 g/mol. The molecule has 4 heteroatoms. The zero-order chi connectivity index (χ0) is 10.7. The van der Waals surface area contributed by atoms with E-state index in [0.29, 0.717) is 5.16 Å². The van der Waals surface area contributed by atoms with Gasteiger partial charge >= 0.3 is 0 Å². The molecule has 1 heterocycles. The Balaban J connectivity index is 3.25. The predicted molar refractivity (Wildman–Crippen MR) is 60.1 cm³/mol. The van der Waals surface area contributed by atoms with Crippen LogP contribution in [0.25, 0.3) is 0 Å². The molecule has 0 spiro atoms. The SMILES string of the molecule is CCC(C)c1c(C)nc(SC)[nH]c1=O. The number of nitrogens with one attached hydrogen (secondary N) is 1. The molecule has 0 aromatic carbocycles. The van der Waals surface area contributed by atoms with Gasteiger partial charge in [-0.2, -0.15) is 0 Å². The standard InChI is InChI=1S/C10H16N2OS/c1-5-6(2)8-7(3)11-10(14-4)12-9(8)13/h6H,5H2,1-4H3,(H,11,12,13). The monoisotopic (exact) mass is 212 g/mol. The molecule has 0 fully saturated rings. The van der Waals surface area contributed by atoms with Crippen LogP contribution in [0.5, 0.6) is 0 Å². The molecule has 0 aliphatic rings. The molecule has 1 atom stereocenters. The summed E-state index contributed by atoms with van der Waals surface area (Å²) in [5.74, 6) is 0.280. The summed E-state index contributed by atoms with van der Waals surface area (Å²) in [6.45, 7) is 6.03. The Labute approximate surface area is 88.3 Å². The van der Waals surface area contributed by atoms with Crippen LogP contribution >= 0.6 is 11.8 Å². The first kappa shape index (κ1) is 11.3. The van der Waals surface area contributed by atoms with Crippen LogP contribution in [0, 0.1) is 6.92 Å². The van der Waals surface area contributed by atoms with Crippen molar-refractivity contribution in [2.24, 2.45) is 0 Å². The number of nitrogens with zero attached hydrogens (tertiary/aromatic N) is 1. The van der Waals surface area contributed by atoms with Crippen molar-refractivity contribution >= 4 is 11.8 Å². The van der Waals surface area contributed by atoms with Gasteiger partial charge in [0.25, 0.3) is 5.56 Å². The van der Waals surface area contributed by atoms with Crippen LogP contribution in [0.4, 0.5) is 0 Å². The summed E-state index contributed by atoms with van der Waals surface area (Å²) in [4.78, 5) is 18.8. The largest absolute Gasteiger partial charge is 0.301 e. The van der Waals surface area contributed by atoms with Crippen LogP contribution in [0.1, 0.15) is 37.4 Å². The number of H-pyrrole nitrogens is 1. The average molecular weight is 212 g/mol. The van der Waals surface area contributed by atoms with E-state index in [4.69, 9.17) is 0 Å². The van der Waals surface area contributed by atoms with Gasteiger partial charge in [-0.05, 0) is 25.5 Å². The normalized spacial score (nSPS) is 12.9. The molecule has 0 amide bonds. The van der Waals surface area contributed by atoms with Gasteiger partial charge in [0.1, 0.15) is 0 Å². The minimum Gasteiger partial charge on any atom is -0.301 e. The fourth-order valence-corrected chi connectivity index (χ4v) is 1.87. The lowest BCUT2D eigenvalue weighted by atomic mass is 9.99. The molecule has 0 radical (unpaired) electrons. The van der Waals surface area contributed by atoms with Gasteiger partial charge in [0.15, 0.2) is 5.16 Å². The number of hydrogen-bond donors (Lipinski definition) is 1. The van der Waals surface area contributed by atoms with E-state index in [0.717, 1.165) is 17.7 Å². The molecule has 3 nitrogen and oxygen atoms in total. The van der Waals surface area contributed by atoms with Crippen LogP contribution in [-0.4, -0.2) is 16.2 Å². The number of rotatable bonds is 3. The highest BCUT2D eigenvalue weighted by Gasteiger charge is 2.13. The Kier molecular flexibility index (Phi) is 3.75. The van der Waals surface area contributed by atoms with Crippen molar-refractivity contribution in [1.29, 1.82) is 0 Å². The van der Waals surface area contributed by atoms with Crippen molar-refractivity contribution in [3.05, 3.63) is 21.6 Å². The van der Waals surface area contributed by atoms with E-state index >= 15 is 0 Å². The van der Waals surface area contributed by atoms with Gasteiger partial charge in [-0.15, -0.1) is 0 Å². The zero-order valence-corrected chi connectivity index (χ0v) is 9.86. The van der Waals surface area contributed by atoms with Crippen LogP contribution in [-0.2, 0) is 0 Å². The van der Waals surface area contributed by atoms with E-state index in [1.165, 1.54) is 11.8 Å². The molecular formula is C10H16N2OS. The van der Waals surface area contributed by atoms with Crippen molar-refractivity contribution in [2.45, 2.75) is 38.3 Å². The quantitative estimate of drug-likeness (QED) is 0.617. The summed E-state index contributed by atoms with van der Waals surface area (Å²) in [5, 5.41) is 0.694. The first-order chi connectivity index (χ1) is 6.60. The summed E-state index contributed by atoms with van der Waals surface area (Å²) < 4.78 is 0. The van der Waals surface area contributed by atoms with E-state index < -0.39 is 0 Å². The maximum Gasteiger partial charge on any atom is 0.255 e. The van der Waals surface area contributed by atoms with Gasteiger partial charge in [0.05, 0.1) is 0 Å². The third-order valence-electron chi connectivity index (χ3n) is 2.42. The summed E-state index contributed by atoms with van der Waals surface area (Å²) in [6, 6.07) is 0. The highest BCUT2D eigenvalue weighted by Crippen LogP contribution is 2.18. The summed E-state index contributed by atoms with van der Waals surface area (Å²) >= 11 is 1.46. The van der Waals surface area contributed by atoms with Crippen LogP contribution in [0.2, 0.25) is 0 Å². The number of aryl methyl sites for hydroxylation is 1. The van der Waals surface area contributed by atoms with Crippen molar-refractivity contribution in [1.82, 2.24) is 9.97 Å². The number of aromatic nitrogens is 2. The van der Waals surface area contributed by atoms with Crippen molar-refractivity contribution in [3.8, 4) is 0 Å². The highest BCUT2D eigenvalue weighted by atomic mass is 32.2. The second kappa shape index (κ2) is 4.64. The molecule has 14 heavy (non-hydrogen) atoms. The molecule has 0 aliphatic carbocycles. The van der Waals surface area contributed by atoms with Crippen LogP contribution < -0.4 is 5.56 Å². The lowest BCUT2D eigenvalue weighted by Gasteiger charge is -2.10. The molecule has 1 N–H and O–H groups in total. The first-order valence-electron chi connectivity index (χ1n) is 4.75. The fourth-order valence-electron chi connectivity index (χ4n) is 1.45. The molecule has 0 saturated heterocycles. The van der Waals surface area contributed by atoms with Crippen molar-refractivity contribution in [2.75, 3.05) is 6.26 Å². The Hall–Kier alpha value is -0.770. The lowest BCUT2D eigenvalue weighted by molar-refractivity contribution is 0.695. The summed E-state index contributed by atoms with van der Waals surface area (Å²) in [5.41, 5.74) is 1.69. The zero-order valence-electron chi connectivity index (χ0n) is 9.05. The molecule has 78 valence electrons. The lowest BCUT2D eigenvalue weighted by Crippen LogP contribution is -2.19. The van der Waals surface area contributed by atoms with E-state index in [1.54, 1.807) is 0 Å². The molecule has 0 saturated carbocycles. The Morgan fingerprint density at radius 2 is 2.21 bits per heavy atom. The molecule has 1 rings (SSSR count). The Bertz CT molecular complexity index is 373. The molecule has 0 aliphatic heterocycles. The van der Waals surface area contributed by atoms with E-state index in [2.05, 4.69) is 23.8 Å². The van der Waals surface area contributed by atoms with Crippen LogP contribution in [0.15, 0.2) is 9.95 Å². The minimum absolute atomic E-state index is 0.0104. The van der Waals surface area contributed by atoms with Crippen LogP contribution in [0.3, 0.4) is 0 Å². The van der Waals surface area contributed by atoms with Gasteiger partial charge < -0.3 is 4.98 Å². The predicted octanol–water partition coefficient (Wildman–Crippen LogP) is 2.31. The van der Waals surface area contributed by atoms with Crippen molar-refractivity contribution < 1.29 is 0 Å². The van der Waals surface area contributed by atoms with Gasteiger partial charge in [0.2, 0.25) is 0 Å². The molecule has 1 aromatic heterocycles. The van der Waals surface area contributed by atoms with E-state index in [-0.39, 0.29) is 11.5 Å². The third-order valence-corrected chi connectivity index (χ3v) is 3.00. The number of hydrogen-bond acceptors (Lipinski definition) is 3. The second-order valence-electron chi connectivity index (χ2n) is 3.38. The van der Waals surface area contributed by atoms with Gasteiger partial charge in [-0.3, -0.25) is 4.79 Å². The average Bonchev–Trinajstić information content (AvgIpc) is 2.16. The second-order valence-corrected chi connectivity index (χ2v) is 4.18. The van der Waals surface area contributed by atoms with E-state index in [9.17, 15) is 4.79 Å². The van der Waals surface area contributed by atoms with Crippen molar-refractivity contribution in [3.63, 3.8) is 0 Å².